The molecule has 6 nitrogen and oxygen atoms in total. The lowest BCUT2D eigenvalue weighted by Crippen LogP contribution is -2.41. The van der Waals surface area contributed by atoms with Crippen LogP contribution in [0.25, 0.3) is 10.9 Å². The van der Waals surface area contributed by atoms with Crippen molar-refractivity contribution in [3.63, 3.8) is 0 Å². The van der Waals surface area contributed by atoms with E-state index >= 15 is 0 Å². The highest BCUT2D eigenvalue weighted by Crippen LogP contribution is 2.16. The summed E-state index contributed by atoms with van der Waals surface area (Å²) in [4.78, 5) is 36.6. The van der Waals surface area contributed by atoms with E-state index in [1.54, 1.807) is 24.3 Å². The molecule has 1 N–H and O–H groups in total. The zero-order chi connectivity index (χ0) is 18.1. The zero-order valence-corrected chi connectivity index (χ0v) is 14.3. The molecule has 0 fully saturated rings. The molecule has 128 valence electrons. The van der Waals surface area contributed by atoms with Crippen LogP contribution in [0.1, 0.15) is 5.56 Å². The van der Waals surface area contributed by atoms with Crippen molar-refractivity contribution in [2.24, 2.45) is 0 Å². The molecule has 8 heteroatoms. The van der Waals surface area contributed by atoms with Gasteiger partial charge in [-0.15, -0.1) is 0 Å². The fourth-order valence-corrected chi connectivity index (χ4v) is 3.03. The van der Waals surface area contributed by atoms with Crippen LogP contribution in [0.5, 0.6) is 0 Å². The lowest BCUT2D eigenvalue weighted by Gasteiger charge is -2.13. The Kier molecular flexibility index (Phi) is 4.65. The quantitative estimate of drug-likeness (QED) is 0.756. The van der Waals surface area contributed by atoms with Crippen LogP contribution in [0, 0.1) is 0 Å². The lowest BCUT2D eigenvalue weighted by molar-refractivity contribution is -0.137. The third-order valence-corrected chi connectivity index (χ3v) is 4.18. The van der Waals surface area contributed by atoms with E-state index in [2.05, 4.69) is 0 Å². The summed E-state index contributed by atoms with van der Waals surface area (Å²) >= 11 is 11.9. The van der Waals surface area contributed by atoms with Crippen molar-refractivity contribution in [3.8, 4) is 0 Å². The fraction of sp³-hybridized carbons (Fsp3) is 0.118. The summed E-state index contributed by atoms with van der Waals surface area (Å²) < 4.78 is 2.02. The number of hydrogen-bond acceptors (Lipinski definition) is 3. The summed E-state index contributed by atoms with van der Waals surface area (Å²) in [5.41, 5.74) is -0.370. The van der Waals surface area contributed by atoms with Gasteiger partial charge < -0.3 is 5.11 Å². The lowest BCUT2D eigenvalue weighted by atomic mass is 10.2. The molecule has 0 aliphatic rings. The van der Waals surface area contributed by atoms with E-state index in [1.807, 2.05) is 0 Å². The van der Waals surface area contributed by atoms with Crippen LogP contribution >= 0.6 is 23.2 Å². The van der Waals surface area contributed by atoms with Gasteiger partial charge >= 0.3 is 11.7 Å². The van der Waals surface area contributed by atoms with Gasteiger partial charge in [-0.3, -0.25) is 18.7 Å². The molecule has 0 unspecified atom stereocenters. The second-order valence-corrected chi connectivity index (χ2v) is 6.32. The molecule has 25 heavy (non-hydrogen) atoms. The molecular formula is C17H12Cl2N2O4. The Labute approximate surface area is 151 Å². The van der Waals surface area contributed by atoms with Gasteiger partial charge in [-0.25, -0.2) is 4.79 Å². The standard InChI is InChI=1S/C17H12Cl2N2O4/c18-11-3-1-2-10(6-11)8-21-16(24)13-7-12(19)4-5-14(13)20(17(21)25)9-15(22)23/h1-7H,8-9H2,(H,22,23). The van der Waals surface area contributed by atoms with Crippen LogP contribution in [0.2, 0.25) is 10.0 Å². The van der Waals surface area contributed by atoms with E-state index in [0.717, 1.165) is 9.13 Å². The number of carbonyl (C=O) groups is 1. The summed E-state index contributed by atoms with van der Waals surface area (Å²) in [6.07, 6.45) is 0. The normalized spacial score (nSPS) is 11.0. The van der Waals surface area contributed by atoms with Crippen molar-refractivity contribution in [1.82, 2.24) is 9.13 Å². The van der Waals surface area contributed by atoms with Crippen molar-refractivity contribution in [2.45, 2.75) is 13.1 Å². The molecule has 1 heterocycles. The number of carboxylic acid groups (broad SMARTS) is 1. The Hall–Kier alpha value is -2.57. The molecule has 3 rings (SSSR count). The van der Waals surface area contributed by atoms with E-state index in [9.17, 15) is 14.4 Å². The largest absolute Gasteiger partial charge is 0.480 e. The number of aromatic nitrogens is 2. The van der Waals surface area contributed by atoms with E-state index in [0.29, 0.717) is 15.6 Å². The fourth-order valence-electron chi connectivity index (χ4n) is 2.64. The Morgan fingerprint density at radius 3 is 2.40 bits per heavy atom. The third-order valence-electron chi connectivity index (χ3n) is 3.71. The summed E-state index contributed by atoms with van der Waals surface area (Å²) in [5.74, 6) is -1.19. The van der Waals surface area contributed by atoms with E-state index < -0.39 is 23.8 Å². The van der Waals surface area contributed by atoms with Crippen molar-refractivity contribution in [3.05, 3.63) is 78.9 Å². The maximum Gasteiger partial charge on any atom is 0.332 e. The molecule has 3 aromatic rings. The topological polar surface area (TPSA) is 81.3 Å². The Morgan fingerprint density at radius 2 is 1.72 bits per heavy atom. The number of aliphatic carboxylic acids is 1. The summed E-state index contributed by atoms with van der Waals surface area (Å²) in [6, 6.07) is 11.1. The second kappa shape index (κ2) is 6.74. The number of fused-ring (bicyclic) bond motifs is 1. The van der Waals surface area contributed by atoms with Crippen LogP contribution in [0.4, 0.5) is 0 Å². The highest BCUT2D eigenvalue weighted by Gasteiger charge is 2.15. The number of carboxylic acids is 1. The number of benzene rings is 2. The number of rotatable bonds is 4. The minimum absolute atomic E-state index is 0.0275. The van der Waals surface area contributed by atoms with Crippen LogP contribution in [0.3, 0.4) is 0 Å². The molecule has 0 amide bonds. The van der Waals surface area contributed by atoms with Crippen molar-refractivity contribution in [1.29, 1.82) is 0 Å². The van der Waals surface area contributed by atoms with E-state index in [1.165, 1.54) is 18.2 Å². The van der Waals surface area contributed by atoms with E-state index in [4.69, 9.17) is 28.3 Å². The van der Waals surface area contributed by atoms with Crippen LogP contribution in [0.15, 0.2) is 52.1 Å². The zero-order valence-electron chi connectivity index (χ0n) is 12.8. The maximum atomic E-state index is 12.7. The van der Waals surface area contributed by atoms with Gasteiger partial charge in [0.25, 0.3) is 5.56 Å². The molecule has 0 atom stereocenters. The molecule has 0 aliphatic heterocycles. The van der Waals surface area contributed by atoms with E-state index in [-0.39, 0.29) is 17.4 Å². The minimum atomic E-state index is -1.19. The molecule has 0 radical (unpaired) electrons. The molecule has 0 saturated carbocycles. The van der Waals surface area contributed by atoms with Crippen molar-refractivity contribution in [2.75, 3.05) is 0 Å². The first-order valence-corrected chi connectivity index (χ1v) is 8.01. The Morgan fingerprint density at radius 1 is 1.00 bits per heavy atom. The Balaban J connectivity index is 2.29. The Bertz CT molecular complexity index is 1100. The minimum Gasteiger partial charge on any atom is -0.480 e. The van der Waals surface area contributed by atoms with Gasteiger partial charge in [0.15, 0.2) is 0 Å². The predicted octanol–water partition coefficient (Wildman–Crippen LogP) is 2.60. The van der Waals surface area contributed by atoms with Gasteiger partial charge in [-0.2, -0.15) is 0 Å². The number of nitrogens with zero attached hydrogens (tertiary/aromatic N) is 2. The third kappa shape index (κ3) is 3.45. The highest BCUT2D eigenvalue weighted by atomic mass is 35.5. The van der Waals surface area contributed by atoms with Gasteiger partial charge in [0.2, 0.25) is 0 Å². The van der Waals surface area contributed by atoms with Crippen LogP contribution in [-0.2, 0) is 17.9 Å². The molecule has 1 aromatic heterocycles. The van der Waals surface area contributed by atoms with Gasteiger partial charge in [-0.05, 0) is 35.9 Å². The SMILES string of the molecule is O=C(O)Cn1c(=O)n(Cc2cccc(Cl)c2)c(=O)c2cc(Cl)ccc21. The molecule has 2 aromatic carbocycles. The molecule has 0 spiro atoms. The van der Waals surface area contributed by atoms with Gasteiger partial charge in [0.1, 0.15) is 6.54 Å². The molecule has 0 bridgehead atoms. The molecular weight excluding hydrogens is 367 g/mol. The van der Waals surface area contributed by atoms with Crippen LogP contribution in [-0.4, -0.2) is 20.2 Å². The average molecular weight is 379 g/mol. The van der Waals surface area contributed by atoms with Crippen molar-refractivity contribution < 1.29 is 9.90 Å². The van der Waals surface area contributed by atoms with Crippen LogP contribution < -0.4 is 11.2 Å². The van der Waals surface area contributed by atoms with Gasteiger partial charge in [0.05, 0.1) is 17.4 Å². The first-order valence-electron chi connectivity index (χ1n) is 7.26. The van der Waals surface area contributed by atoms with Gasteiger partial charge in [-0.1, -0.05) is 35.3 Å². The monoisotopic (exact) mass is 378 g/mol. The number of halogens is 2. The summed E-state index contributed by atoms with van der Waals surface area (Å²) in [6.45, 7) is -0.590. The highest BCUT2D eigenvalue weighted by molar-refractivity contribution is 6.31. The number of hydrogen-bond donors (Lipinski definition) is 1. The smallest absolute Gasteiger partial charge is 0.332 e. The maximum absolute atomic E-state index is 12.7. The summed E-state index contributed by atoms with van der Waals surface area (Å²) in [5, 5.41) is 10.1. The van der Waals surface area contributed by atoms with Gasteiger partial charge in [0, 0.05) is 10.0 Å². The molecule has 0 saturated heterocycles. The van der Waals surface area contributed by atoms with Crippen molar-refractivity contribution >= 4 is 40.1 Å². The first-order chi connectivity index (χ1) is 11.9. The average Bonchev–Trinajstić information content (AvgIpc) is 2.55. The predicted molar refractivity (Wildman–Crippen MR) is 95.7 cm³/mol. The first kappa shape index (κ1) is 17.3. The summed E-state index contributed by atoms with van der Waals surface area (Å²) in [7, 11) is 0. The molecule has 0 aliphatic carbocycles. The second-order valence-electron chi connectivity index (χ2n) is 5.45.